The molecule has 0 aromatic heterocycles. The number of rotatable bonds is 5. The van der Waals surface area contributed by atoms with Crippen LogP contribution in [0.15, 0.2) is 24.3 Å². The van der Waals surface area contributed by atoms with Crippen molar-refractivity contribution < 1.29 is 4.79 Å². The normalized spacial score (nSPS) is 26.2. The molecule has 2 unspecified atom stereocenters. The predicted octanol–water partition coefficient (Wildman–Crippen LogP) is 3.39. The summed E-state index contributed by atoms with van der Waals surface area (Å²) in [7, 11) is 0. The molecule has 1 saturated carbocycles. The molecule has 0 spiro atoms. The van der Waals surface area contributed by atoms with E-state index in [1.807, 2.05) is 0 Å². The van der Waals surface area contributed by atoms with Crippen molar-refractivity contribution in [2.75, 3.05) is 6.54 Å². The highest BCUT2D eigenvalue weighted by Gasteiger charge is 2.40. The molecule has 2 fully saturated rings. The average Bonchev–Trinajstić information content (AvgIpc) is 2.72. The van der Waals surface area contributed by atoms with E-state index in [1.165, 1.54) is 30.4 Å². The molecular formula is C18H26N2O. The number of hydrogen-bond donors (Lipinski definition) is 1. The van der Waals surface area contributed by atoms with E-state index in [0.717, 1.165) is 19.4 Å². The molecule has 1 aromatic carbocycles. The Kier molecular flexibility index (Phi) is 4.29. The van der Waals surface area contributed by atoms with Crippen LogP contribution in [-0.2, 0) is 4.79 Å². The number of hydrogen-bond acceptors (Lipinski definition) is 2. The highest BCUT2D eigenvalue weighted by atomic mass is 16.2. The first-order valence-corrected chi connectivity index (χ1v) is 8.32. The van der Waals surface area contributed by atoms with E-state index < -0.39 is 0 Å². The van der Waals surface area contributed by atoms with Gasteiger partial charge in [-0.25, -0.2) is 0 Å². The first-order valence-electron chi connectivity index (χ1n) is 8.32. The fraction of sp³-hybridized carbons (Fsp3) is 0.611. The van der Waals surface area contributed by atoms with Crippen LogP contribution in [0.5, 0.6) is 0 Å². The summed E-state index contributed by atoms with van der Waals surface area (Å²) in [5.74, 6) is 1.01. The highest BCUT2D eigenvalue weighted by Crippen LogP contribution is 2.33. The summed E-state index contributed by atoms with van der Waals surface area (Å²) in [5.41, 5.74) is 2.48. The van der Waals surface area contributed by atoms with Gasteiger partial charge in [-0.15, -0.1) is 0 Å². The van der Waals surface area contributed by atoms with Crippen molar-refractivity contribution in [3.05, 3.63) is 35.4 Å². The summed E-state index contributed by atoms with van der Waals surface area (Å²) in [6, 6.07) is 8.54. The maximum atomic E-state index is 12.7. The van der Waals surface area contributed by atoms with Gasteiger partial charge in [0.15, 0.2) is 0 Å². The second-order valence-corrected chi connectivity index (χ2v) is 6.61. The standard InChI is InChI=1S/C18H26N2O/c1-3-6-16-18(21)20(12-14-8-5-9-14)17(19-16)15-10-4-7-13(2)11-15/h4,7,10-11,14,16-17,19H,3,5-6,8-9,12H2,1-2H3. The molecule has 1 aromatic rings. The third-order valence-corrected chi connectivity index (χ3v) is 4.87. The number of carbonyl (C=O) groups excluding carboxylic acids is 1. The van der Waals surface area contributed by atoms with Crippen LogP contribution in [0.4, 0.5) is 0 Å². The van der Waals surface area contributed by atoms with Gasteiger partial charge >= 0.3 is 0 Å². The summed E-state index contributed by atoms with van der Waals surface area (Å²) in [5, 5.41) is 3.57. The van der Waals surface area contributed by atoms with Crippen LogP contribution in [0, 0.1) is 12.8 Å². The Labute approximate surface area is 127 Å². The smallest absolute Gasteiger partial charge is 0.241 e. The Morgan fingerprint density at radius 3 is 2.76 bits per heavy atom. The minimum absolute atomic E-state index is 0.000545. The maximum Gasteiger partial charge on any atom is 0.241 e. The van der Waals surface area contributed by atoms with Gasteiger partial charge in [-0.05, 0) is 37.7 Å². The van der Waals surface area contributed by atoms with Gasteiger partial charge in [-0.3, -0.25) is 10.1 Å². The maximum absolute atomic E-state index is 12.7. The zero-order valence-corrected chi connectivity index (χ0v) is 13.1. The Morgan fingerprint density at radius 2 is 2.14 bits per heavy atom. The Hall–Kier alpha value is -1.35. The van der Waals surface area contributed by atoms with E-state index in [1.54, 1.807) is 0 Å². The predicted molar refractivity (Wildman–Crippen MR) is 84.8 cm³/mol. The van der Waals surface area contributed by atoms with Crippen LogP contribution in [0.2, 0.25) is 0 Å². The Balaban J connectivity index is 1.82. The van der Waals surface area contributed by atoms with Gasteiger partial charge in [0, 0.05) is 6.54 Å². The summed E-state index contributed by atoms with van der Waals surface area (Å²) in [4.78, 5) is 14.8. The molecule has 3 nitrogen and oxygen atoms in total. The molecule has 114 valence electrons. The van der Waals surface area contributed by atoms with Crippen molar-refractivity contribution in [3.8, 4) is 0 Å². The Morgan fingerprint density at radius 1 is 1.33 bits per heavy atom. The topological polar surface area (TPSA) is 32.3 Å². The monoisotopic (exact) mass is 286 g/mol. The number of aryl methyl sites for hydroxylation is 1. The quantitative estimate of drug-likeness (QED) is 0.900. The number of carbonyl (C=O) groups is 1. The van der Waals surface area contributed by atoms with Gasteiger partial charge in [0.05, 0.1) is 6.04 Å². The second kappa shape index (κ2) is 6.18. The van der Waals surface area contributed by atoms with Crippen molar-refractivity contribution in [3.63, 3.8) is 0 Å². The van der Waals surface area contributed by atoms with Crippen LogP contribution in [0.3, 0.4) is 0 Å². The lowest BCUT2D eigenvalue weighted by molar-refractivity contribution is -0.131. The number of nitrogens with one attached hydrogen (secondary N) is 1. The van der Waals surface area contributed by atoms with Crippen LogP contribution < -0.4 is 5.32 Å². The van der Waals surface area contributed by atoms with Gasteiger partial charge in [0.25, 0.3) is 0 Å². The zero-order valence-electron chi connectivity index (χ0n) is 13.1. The number of benzene rings is 1. The first-order chi connectivity index (χ1) is 10.2. The van der Waals surface area contributed by atoms with Crippen molar-refractivity contribution in [2.24, 2.45) is 5.92 Å². The lowest BCUT2D eigenvalue weighted by Gasteiger charge is -2.33. The zero-order chi connectivity index (χ0) is 14.8. The molecule has 3 heteroatoms. The minimum Gasteiger partial charge on any atom is -0.321 e. The number of nitrogens with zero attached hydrogens (tertiary/aromatic N) is 1. The van der Waals surface area contributed by atoms with Gasteiger partial charge < -0.3 is 4.90 Å². The summed E-state index contributed by atoms with van der Waals surface area (Å²) < 4.78 is 0. The second-order valence-electron chi connectivity index (χ2n) is 6.61. The van der Waals surface area contributed by atoms with E-state index in [2.05, 4.69) is 48.3 Å². The van der Waals surface area contributed by atoms with Crippen LogP contribution in [-0.4, -0.2) is 23.4 Å². The van der Waals surface area contributed by atoms with Gasteiger partial charge in [-0.1, -0.05) is 49.6 Å². The molecule has 0 bridgehead atoms. The summed E-state index contributed by atoms with van der Waals surface area (Å²) in [6.07, 6.45) is 5.93. The molecule has 2 aliphatic rings. The summed E-state index contributed by atoms with van der Waals surface area (Å²) in [6.45, 7) is 5.18. The fourth-order valence-electron chi connectivity index (χ4n) is 3.44. The van der Waals surface area contributed by atoms with Crippen molar-refractivity contribution in [2.45, 2.75) is 58.2 Å². The third kappa shape index (κ3) is 2.98. The lowest BCUT2D eigenvalue weighted by Crippen LogP contribution is -2.37. The average molecular weight is 286 g/mol. The molecule has 3 rings (SSSR count). The molecule has 0 radical (unpaired) electrons. The molecule has 1 saturated heterocycles. The van der Waals surface area contributed by atoms with E-state index >= 15 is 0 Å². The van der Waals surface area contributed by atoms with Crippen molar-refractivity contribution in [1.29, 1.82) is 0 Å². The molecular weight excluding hydrogens is 260 g/mol. The molecule has 1 N–H and O–H groups in total. The van der Waals surface area contributed by atoms with Crippen molar-refractivity contribution in [1.82, 2.24) is 10.2 Å². The van der Waals surface area contributed by atoms with Crippen molar-refractivity contribution >= 4 is 5.91 Å². The highest BCUT2D eigenvalue weighted by molar-refractivity contribution is 5.84. The van der Waals surface area contributed by atoms with Gasteiger partial charge in [0.1, 0.15) is 6.17 Å². The molecule has 21 heavy (non-hydrogen) atoms. The molecule has 1 amide bonds. The van der Waals surface area contributed by atoms with E-state index in [9.17, 15) is 4.79 Å². The summed E-state index contributed by atoms with van der Waals surface area (Å²) >= 11 is 0. The van der Waals surface area contributed by atoms with E-state index in [4.69, 9.17) is 0 Å². The van der Waals surface area contributed by atoms with Crippen LogP contribution in [0.1, 0.15) is 56.3 Å². The Bertz CT molecular complexity index is 510. The van der Waals surface area contributed by atoms with E-state index in [-0.39, 0.29) is 12.2 Å². The molecule has 1 aliphatic carbocycles. The first kappa shape index (κ1) is 14.6. The van der Waals surface area contributed by atoms with Crippen LogP contribution >= 0.6 is 0 Å². The SMILES string of the molecule is CCCC1NC(c2cccc(C)c2)N(CC2CCC2)C1=O. The van der Waals surface area contributed by atoms with Gasteiger partial charge in [-0.2, -0.15) is 0 Å². The van der Waals surface area contributed by atoms with Crippen LogP contribution in [0.25, 0.3) is 0 Å². The third-order valence-electron chi connectivity index (χ3n) is 4.87. The molecule has 2 atom stereocenters. The van der Waals surface area contributed by atoms with E-state index in [0.29, 0.717) is 11.8 Å². The minimum atomic E-state index is 0.000545. The largest absolute Gasteiger partial charge is 0.321 e. The molecule has 1 aliphatic heterocycles. The molecule has 1 heterocycles. The van der Waals surface area contributed by atoms with Gasteiger partial charge in [0.2, 0.25) is 5.91 Å². The fourth-order valence-corrected chi connectivity index (χ4v) is 3.44. The number of amides is 1. The lowest BCUT2D eigenvalue weighted by atomic mass is 9.85.